The fourth-order valence-corrected chi connectivity index (χ4v) is 2.52. The minimum Gasteiger partial charge on any atom is -0.444 e. The normalized spacial score (nSPS) is 26.2. The summed E-state index contributed by atoms with van der Waals surface area (Å²) in [6.07, 6.45) is -0.937. The molecule has 2 N–H and O–H groups in total. The average molecular weight is 262 g/mol. The summed E-state index contributed by atoms with van der Waals surface area (Å²) in [5.41, 5.74) is 4.58. The molecule has 0 radical (unpaired) electrons. The highest BCUT2D eigenvalue weighted by atomic mass is 19.3. The Morgan fingerprint density at radius 1 is 1.33 bits per heavy atom. The lowest BCUT2D eigenvalue weighted by Crippen LogP contribution is -2.70. The van der Waals surface area contributed by atoms with Gasteiger partial charge in [0.2, 0.25) is 0 Å². The van der Waals surface area contributed by atoms with Crippen molar-refractivity contribution in [2.75, 3.05) is 13.1 Å². The maximum atomic E-state index is 12.8. The molecular formula is C12H20F2N2O2. The molecule has 6 heteroatoms. The van der Waals surface area contributed by atoms with Gasteiger partial charge < -0.3 is 15.4 Å². The molecule has 1 aliphatic carbocycles. The minimum atomic E-state index is -2.62. The van der Waals surface area contributed by atoms with Crippen molar-refractivity contribution in [1.82, 2.24) is 4.90 Å². The van der Waals surface area contributed by atoms with Gasteiger partial charge in [-0.25, -0.2) is 13.6 Å². The summed E-state index contributed by atoms with van der Waals surface area (Å²) in [6.45, 7) is 6.21. The van der Waals surface area contributed by atoms with Gasteiger partial charge in [-0.15, -0.1) is 0 Å². The van der Waals surface area contributed by atoms with Gasteiger partial charge in [0.05, 0.1) is 0 Å². The molecule has 0 aromatic carbocycles. The Balaban J connectivity index is 1.79. The Kier molecular flexibility index (Phi) is 2.85. The SMILES string of the molecule is CC(C)(C)OC(=O)N1CC(C2(N)CC(F)(F)C2)C1. The molecule has 1 heterocycles. The number of likely N-dealkylation sites (tertiary alicyclic amines) is 1. The predicted molar refractivity (Wildman–Crippen MR) is 62.4 cm³/mol. The van der Waals surface area contributed by atoms with E-state index in [4.69, 9.17) is 10.5 Å². The summed E-state index contributed by atoms with van der Waals surface area (Å²) >= 11 is 0. The smallest absolute Gasteiger partial charge is 0.410 e. The first kappa shape index (κ1) is 13.5. The molecule has 2 aliphatic rings. The van der Waals surface area contributed by atoms with Gasteiger partial charge in [0.15, 0.2) is 0 Å². The second-order valence-corrected chi connectivity index (χ2v) is 6.52. The number of alkyl halides is 2. The number of halogens is 2. The van der Waals surface area contributed by atoms with E-state index in [9.17, 15) is 13.6 Å². The van der Waals surface area contributed by atoms with Gasteiger partial charge in [-0.2, -0.15) is 0 Å². The van der Waals surface area contributed by atoms with Crippen molar-refractivity contribution >= 4 is 6.09 Å². The van der Waals surface area contributed by atoms with Crippen LogP contribution in [0.25, 0.3) is 0 Å². The van der Waals surface area contributed by atoms with E-state index in [0.717, 1.165) is 0 Å². The lowest BCUT2D eigenvalue weighted by Gasteiger charge is -2.55. The van der Waals surface area contributed by atoms with Gasteiger partial charge >= 0.3 is 6.09 Å². The quantitative estimate of drug-likeness (QED) is 0.786. The standard InChI is InChI=1S/C12H20F2N2O2/c1-10(2,3)18-9(17)16-4-8(5-16)11(15)6-12(13,14)7-11/h8H,4-7,15H2,1-3H3. The molecular weight excluding hydrogens is 242 g/mol. The summed E-state index contributed by atoms with van der Waals surface area (Å²) in [5, 5.41) is 0. The van der Waals surface area contributed by atoms with Crippen LogP contribution >= 0.6 is 0 Å². The first-order valence-corrected chi connectivity index (χ1v) is 6.15. The molecule has 1 saturated heterocycles. The third-order valence-electron chi connectivity index (χ3n) is 3.52. The van der Waals surface area contributed by atoms with Gasteiger partial charge in [0.25, 0.3) is 5.92 Å². The van der Waals surface area contributed by atoms with E-state index in [0.29, 0.717) is 13.1 Å². The molecule has 0 bridgehead atoms. The largest absolute Gasteiger partial charge is 0.444 e. The summed E-state index contributed by atoms with van der Waals surface area (Å²) in [6, 6.07) is 0. The molecule has 0 aromatic heterocycles. The topological polar surface area (TPSA) is 55.6 Å². The lowest BCUT2D eigenvalue weighted by molar-refractivity contribution is -0.156. The number of nitrogens with zero attached hydrogens (tertiary/aromatic N) is 1. The first-order valence-electron chi connectivity index (χ1n) is 6.15. The molecule has 4 nitrogen and oxygen atoms in total. The van der Waals surface area contributed by atoms with E-state index in [1.807, 2.05) is 0 Å². The highest BCUT2D eigenvalue weighted by Crippen LogP contribution is 2.50. The molecule has 0 spiro atoms. The maximum absolute atomic E-state index is 12.8. The summed E-state index contributed by atoms with van der Waals surface area (Å²) in [7, 11) is 0. The molecule has 1 amide bonds. The van der Waals surface area contributed by atoms with E-state index in [1.165, 1.54) is 4.90 Å². The van der Waals surface area contributed by atoms with Crippen LogP contribution in [-0.4, -0.2) is 41.1 Å². The Labute approximate surface area is 105 Å². The zero-order valence-electron chi connectivity index (χ0n) is 11.0. The molecule has 18 heavy (non-hydrogen) atoms. The van der Waals surface area contributed by atoms with Gasteiger partial charge in [0.1, 0.15) is 5.60 Å². The van der Waals surface area contributed by atoms with Crippen molar-refractivity contribution in [3.63, 3.8) is 0 Å². The van der Waals surface area contributed by atoms with Crippen LogP contribution in [0.5, 0.6) is 0 Å². The Bertz CT molecular complexity index is 352. The summed E-state index contributed by atoms with van der Waals surface area (Å²) in [4.78, 5) is 13.2. The first-order chi connectivity index (χ1) is 8.01. The van der Waals surface area contributed by atoms with Crippen molar-refractivity contribution in [2.45, 2.75) is 50.7 Å². The number of hydrogen-bond acceptors (Lipinski definition) is 3. The maximum Gasteiger partial charge on any atom is 0.410 e. The van der Waals surface area contributed by atoms with Crippen LogP contribution in [0.1, 0.15) is 33.6 Å². The van der Waals surface area contributed by atoms with Crippen LogP contribution in [0, 0.1) is 5.92 Å². The highest BCUT2D eigenvalue weighted by Gasteiger charge is 2.60. The Hall–Kier alpha value is -0.910. The van der Waals surface area contributed by atoms with E-state index < -0.39 is 23.2 Å². The molecule has 0 atom stereocenters. The van der Waals surface area contributed by atoms with Gasteiger partial charge in [-0.05, 0) is 20.8 Å². The number of ether oxygens (including phenoxy) is 1. The third kappa shape index (κ3) is 2.58. The van der Waals surface area contributed by atoms with Crippen molar-refractivity contribution in [3.05, 3.63) is 0 Å². The highest BCUT2D eigenvalue weighted by molar-refractivity contribution is 5.69. The Morgan fingerprint density at radius 3 is 2.22 bits per heavy atom. The van der Waals surface area contributed by atoms with Crippen molar-refractivity contribution in [3.8, 4) is 0 Å². The number of hydrogen-bond donors (Lipinski definition) is 1. The fourth-order valence-electron chi connectivity index (χ4n) is 2.52. The minimum absolute atomic E-state index is 0.0374. The number of amides is 1. The van der Waals surface area contributed by atoms with E-state index >= 15 is 0 Å². The molecule has 1 aliphatic heterocycles. The van der Waals surface area contributed by atoms with Gasteiger partial charge in [0, 0.05) is 37.4 Å². The summed E-state index contributed by atoms with van der Waals surface area (Å²) in [5.74, 6) is -2.66. The number of carbonyl (C=O) groups excluding carboxylic acids is 1. The van der Waals surface area contributed by atoms with Crippen LogP contribution < -0.4 is 5.73 Å². The third-order valence-corrected chi connectivity index (χ3v) is 3.52. The zero-order valence-corrected chi connectivity index (χ0v) is 11.0. The second-order valence-electron chi connectivity index (χ2n) is 6.52. The fraction of sp³-hybridized carbons (Fsp3) is 0.917. The Morgan fingerprint density at radius 2 is 1.83 bits per heavy atom. The predicted octanol–water partition coefficient (Wildman–Crippen LogP) is 1.98. The molecule has 2 rings (SSSR count). The zero-order chi connectivity index (χ0) is 13.8. The molecule has 104 valence electrons. The monoisotopic (exact) mass is 262 g/mol. The van der Waals surface area contributed by atoms with Crippen LogP contribution in [0.2, 0.25) is 0 Å². The molecule has 2 fully saturated rings. The van der Waals surface area contributed by atoms with Crippen molar-refractivity contribution in [2.24, 2.45) is 11.7 Å². The molecule has 0 unspecified atom stereocenters. The van der Waals surface area contributed by atoms with E-state index in [1.54, 1.807) is 20.8 Å². The van der Waals surface area contributed by atoms with Gasteiger partial charge in [-0.1, -0.05) is 0 Å². The van der Waals surface area contributed by atoms with Crippen LogP contribution in [0.4, 0.5) is 13.6 Å². The van der Waals surface area contributed by atoms with E-state index in [-0.39, 0.29) is 18.8 Å². The number of rotatable bonds is 1. The van der Waals surface area contributed by atoms with Gasteiger partial charge in [-0.3, -0.25) is 0 Å². The second kappa shape index (κ2) is 3.79. The van der Waals surface area contributed by atoms with Crippen molar-refractivity contribution in [1.29, 1.82) is 0 Å². The lowest BCUT2D eigenvalue weighted by atomic mass is 9.64. The summed E-state index contributed by atoms with van der Waals surface area (Å²) < 4.78 is 30.9. The van der Waals surface area contributed by atoms with Crippen LogP contribution in [0.3, 0.4) is 0 Å². The number of nitrogens with two attached hydrogens (primary N) is 1. The molecule has 0 aromatic rings. The molecule has 1 saturated carbocycles. The number of carbonyl (C=O) groups is 1. The average Bonchev–Trinajstić information content (AvgIpc) is 1.90. The van der Waals surface area contributed by atoms with E-state index in [2.05, 4.69) is 0 Å². The van der Waals surface area contributed by atoms with Crippen LogP contribution in [-0.2, 0) is 4.74 Å². The van der Waals surface area contributed by atoms with Crippen LogP contribution in [0.15, 0.2) is 0 Å². The van der Waals surface area contributed by atoms with Crippen molar-refractivity contribution < 1.29 is 18.3 Å².